The molecule has 1 amide bonds. The number of carbonyl (C=O) groups is 2. The first-order chi connectivity index (χ1) is 15.5. The van der Waals surface area contributed by atoms with Crippen LogP contribution in [0.1, 0.15) is 22.8 Å². The highest BCUT2D eigenvalue weighted by Crippen LogP contribution is 2.32. The quantitative estimate of drug-likeness (QED) is 0.237. The van der Waals surface area contributed by atoms with Gasteiger partial charge in [-0.1, -0.05) is 48.2 Å². The number of amides is 1. The van der Waals surface area contributed by atoms with Crippen LogP contribution in [0.2, 0.25) is 0 Å². The molecular weight excluding hydrogens is 442 g/mol. The molecule has 0 bridgehead atoms. The second-order valence-corrected chi connectivity index (χ2v) is 9.29. The minimum atomic E-state index is -0.385. The van der Waals surface area contributed by atoms with Crippen molar-refractivity contribution in [3.63, 3.8) is 0 Å². The SMILES string of the molecule is COC(=O)c1ccc(CNC(=O)C(C)Sc2nc(-c3cccs3)nc3ccccc23)cc1. The standard InChI is InChI=1S/C24H21N3O3S2/c1-15(22(28)25-14-16-9-11-17(12-10-16)24(29)30-2)32-23-18-6-3-4-7-19(18)26-21(27-23)20-8-5-13-31-20/h3-13,15H,14H2,1-2H3,(H,25,28). The van der Waals surface area contributed by atoms with E-state index in [1.807, 2.05) is 48.7 Å². The van der Waals surface area contributed by atoms with Crippen molar-refractivity contribution in [3.8, 4) is 10.7 Å². The number of aromatic nitrogens is 2. The number of ether oxygens (including phenoxy) is 1. The first-order valence-corrected chi connectivity index (χ1v) is 11.7. The maximum Gasteiger partial charge on any atom is 0.337 e. The van der Waals surface area contributed by atoms with Crippen molar-refractivity contribution in [1.82, 2.24) is 15.3 Å². The zero-order valence-corrected chi connectivity index (χ0v) is 19.2. The number of thiophene rings is 1. The number of nitrogens with zero attached hydrogens (tertiary/aromatic N) is 2. The molecule has 1 atom stereocenters. The van der Waals surface area contributed by atoms with Crippen LogP contribution in [0.25, 0.3) is 21.6 Å². The van der Waals surface area contributed by atoms with E-state index < -0.39 is 0 Å². The molecule has 0 saturated carbocycles. The minimum Gasteiger partial charge on any atom is -0.465 e. The fraction of sp³-hybridized carbons (Fsp3) is 0.167. The summed E-state index contributed by atoms with van der Waals surface area (Å²) in [6, 6.07) is 18.8. The van der Waals surface area contributed by atoms with Crippen molar-refractivity contribution in [2.45, 2.75) is 23.7 Å². The van der Waals surface area contributed by atoms with Gasteiger partial charge in [0.2, 0.25) is 5.91 Å². The number of esters is 1. The van der Waals surface area contributed by atoms with Crippen LogP contribution < -0.4 is 5.32 Å². The summed E-state index contributed by atoms with van der Waals surface area (Å²) in [5.74, 6) is 0.191. The molecule has 2 aromatic carbocycles. The Kier molecular flexibility index (Phi) is 6.82. The summed E-state index contributed by atoms with van der Waals surface area (Å²) in [6.07, 6.45) is 0. The second kappa shape index (κ2) is 9.93. The lowest BCUT2D eigenvalue weighted by atomic mass is 10.1. The van der Waals surface area contributed by atoms with Crippen LogP contribution in [-0.2, 0) is 16.1 Å². The molecule has 0 saturated heterocycles. The molecule has 2 aromatic heterocycles. The highest BCUT2D eigenvalue weighted by atomic mass is 32.2. The molecule has 0 fully saturated rings. The van der Waals surface area contributed by atoms with Gasteiger partial charge in [-0.15, -0.1) is 11.3 Å². The average Bonchev–Trinajstić information content (AvgIpc) is 3.37. The predicted octanol–water partition coefficient (Wildman–Crippen LogP) is 4.94. The lowest BCUT2D eigenvalue weighted by molar-refractivity contribution is -0.120. The van der Waals surface area contributed by atoms with E-state index in [4.69, 9.17) is 9.72 Å². The van der Waals surface area contributed by atoms with Crippen LogP contribution in [0.3, 0.4) is 0 Å². The number of fused-ring (bicyclic) bond motifs is 1. The number of rotatable bonds is 7. The molecule has 2 heterocycles. The largest absolute Gasteiger partial charge is 0.465 e. The normalized spacial score (nSPS) is 11.8. The van der Waals surface area contributed by atoms with Gasteiger partial charge >= 0.3 is 5.97 Å². The Balaban J connectivity index is 1.46. The Bertz CT molecular complexity index is 1240. The van der Waals surface area contributed by atoms with E-state index in [1.165, 1.54) is 18.9 Å². The number of carbonyl (C=O) groups excluding carboxylic acids is 2. The van der Waals surface area contributed by atoms with Crippen molar-refractivity contribution in [1.29, 1.82) is 0 Å². The molecule has 0 radical (unpaired) electrons. The smallest absolute Gasteiger partial charge is 0.337 e. The predicted molar refractivity (Wildman–Crippen MR) is 128 cm³/mol. The molecule has 0 aliphatic rings. The molecule has 4 rings (SSSR count). The van der Waals surface area contributed by atoms with Crippen LogP contribution >= 0.6 is 23.1 Å². The van der Waals surface area contributed by atoms with Crippen LogP contribution in [0, 0.1) is 0 Å². The summed E-state index contributed by atoms with van der Waals surface area (Å²) in [7, 11) is 1.35. The topological polar surface area (TPSA) is 81.2 Å². The van der Waals surface area contributed by atoms with Crippen molar-refractivity contribution in [2.75, 3.05) is 7.11 Å². The van der Waals surface area contributed by atoms with E-state index in [2.05, 4.69) is 10.3 Å². The second-order valence-electron chi connectivity index (χ2n) is 7.01. The highest BCUT2D eigenvalue weighted by Gasteiger charge is 2.18. The van der Waals surface area contributed by atoms with Crippen LogP contribution in [0.5, 0.6) is 0 Å². The van der Waals surface area contributed by atoms with Crippen molar-refractivity contribution >= 4 is 45.9 Å². The number of benzene rings is 2. The molecule has 0 spiro atoms. The third-order valence-corrected chi connectivity index (χ3v) is 6.78. The van der Waals surface area contributed by atoms with E-state index in [9.17, 15) is 9.59 Å². The number of para-hydroxylation sites is 1. The van der Waals surface area contributed by atoms with Gasteiger partial charge in [0.15, 0.2) is 5.82 Å². The molecular formula is C24H21N3O3S2. The maximum atomic E-state index is 12.7. The van der Waals surface area contributed by atoms with Crippen LogP contribution in [0.15, 0.2) is 71.1 Å². The summed E-state index contributed by atoms with van der Waals surface area (Å²) in [5.41, 5.74) is 2.23. The summed E-state index contributed by atoms with van der Waals surface area (Å²) >= 11 is 3.00. The molecule has 8 heteroatoms. The Morgan fingerprint density at radius 3 is 2.56 bits per heavy atom. The van der Waals surface area contributed by atoms with E-state index in [0.29, 0.717) is 17.9 Å². The van der Waals surface area contributed by atoms with E-state index in [-0.39, 0.29) is 17.1 Å². The van der Waals surface area contributed by atoms with Gasteiger partial charge in [-0.05, 0) is 42.1 Å². The molecule has 4 aromatic rings. The van der Waals surface area contributed by atoms with Gasteiger partial charge in [0.1, 0.15) is 5.03 Å². The third-order valence-electron chi connectivity index (χ3n) is 4.81. The first-order valence-electron chi connectivity index (χ1n) is 9.97. The minimum absolute atomic E-state index is 0.0904. The summed E-state index contributed by atoms with van der Waals surface area (Å²) in [5, 5.41) is 6.31. The molecule has 1 N–H and O–H groups in total. The van der Waals surface area contributed by atoms with Gasteiger partial charge in [-0.2, -0.15) is 0 Å². The Labute approximate surface area is 194 Å². The monoisotopic (exact) mass is 463 g/mol. The van der Waals surface area contributed by atoms with Gasteiger partial charge in [-0.3, -0.25) is 4.79 Å². The van der Waals surface area contributed by atoms with Crippen LogP contribution in [0.4, 0.5) is 0 Å². The highest BCUT2D eigenvalue weighted by molar-refractivity contribution is 8.00. The molecule has 0 aliphatic carbocycles. The van der Waals surface area contributed by atoms with Crippen LogP contribution in [-0.4, -0.2) is 34.2 Å². The van der Waals surface area contributed by atoms with Crippen molar-refractivity contribution in [3.05, 3.63) is 77.2 Å². The van der Waals surface area contributed by atoms with E-state index in [1.54, 1.807) is 35.6 Å². The Morgan fingerprint density at radius 1 is 1.06 bits per heavy atom. The van der Waals surface area contributed by atoms with Gasteiger partial charge < -0.3 is 10.1 Å². The summed E-state index contributed by atoms with van der Waals surface area (Å²) < 4.78 is 4.70. The lowest BCUT2D eigenvalue weighted by Gasteiger charge is -2.14. The summed E-state index contributed by atoms with van der Waals surface area (Å²) in [6.45, 7) is 2.23. The number of thioether (sulfide) groups is 1. The zero-order chi connectivity index (χ0) is 22.5. The number of methoxy groups -OCH3 is 1. The van der Waals surface area contributed by atoms with Gasteiger partial charge in [0.05, 0.1) is 28.3 Å². The van der Waals surface area contributed by atoms with Gasteiger partial charge in [-0.25, -0.2) is 14.8 Å². The molecule has 1 unspecified atom stereocenters. The lowest BCUT2D eigenvalue weighted by Crippen LogP contribution is -2.30. The van der Waals surface area contributed by atoms with Crippen molar-refractivity contribution in [2.24, 2.45) is 0 Å². The fourth-order valence-corrected chi connectivity index (χ4v) is 4.71. The molecule has 32 heavy (non-hydrogen) atoms. The zero-order valence-electron chi connectivity index (χ0n) is 17.6. The maximum absolute atomic E-state index is 12.7. The summed E-state index contributed by atoms with van der Waals surface area (Å²) in [4.78, 5) is 34.7. The Morgan fingerprint density at radius 2 is 1.84 bits per heavy atom. The van der Waals surface area contributed by atoms with Gasteiger partial charge in [0, 0.05) is 11.9 Å². The van der Waals surface area contributed by atoms with Crippen molar-refractivity contribution < 1.29 is 14.3 Å². The third kappa shape index (κ3) is 4.98. The fourth-order valence-electron chi connectivity index (χ4n) is 3.08. The number of nitrogens with one attached hydrogen (secondary N) is 1. The average molecular weight is 464 g/mol. The number of hydrogen-bond donors (Lipinski definition) is 1. The first kappa shape index (κ1) is 22.0. The molecule has 162 valence electrons. The van der Waals surface area contributed by atoms with Gasteiger partial charge in [0.25, 0.3) is 0 Å². The Hall–Kier alpha value is -3.23. The molecule has 6 nitrogen and oxygen atoms in total. The van der Waals surface area contributed by atoms with E-state index in [0.717, 1.165) is 26.4 Å². The number of hydrogen-bond acceptors (Lipinski definition) is 7. The van der Waals surface area contributed by atoms with E-state index >= 15 is 0 Å². The molecule has 0 aliphatic heterocycles.